The molecule has 7 N–H and O–H groups in total. The molecule has 1 fully saturated rings. The summed E-state index contributed by atoms with van der Waals surface area (Å²) in [5, 5.41) is 14.7. The van der Waals surface area contributed by atoms with Gasteiger partial charge in [0.25, 0.3) is 5.91 Å². The Labute approximate surface area is 452 Å². The van der Waals surface area contributed by atoms with Crippen LogP contribution in [0.15, 0.2) is 42.5 Å². The maximum Gasteiger partial charge on any atom is 0.251 e. The van der Waals surface area contributed by atoms with Gasteiger partial charge in [-0.05, 0) is 81.1 Å². The zero-order chi connectivity index (χ0) is 54.8. The fourth-order valence-corrected chi connectivity index (χ4v) is 10.5. The van der Waals surface area contributed by atoms with Crippen molar-refractivity contribution in [2.24, 2.45) is 23.5 Å². The monoisotopic (exact) mass is 1160 g/mol. The van der Waals surface area contributed by atoms with Crippen molar-refractivity contribution in [3.05, 3.63) is 65.0 Å². The van der Waals surface area contributed by atoms with E-state index in [2.05, 4.69) is 68.4 Å². The third-order valence-corrected chi connectivity index (χ3v) is 14.8. The maximum absolute atomic E-state index is 14.2. The van der Waals surface area contributed by atoms with Crippen molar-refractivity contribution in [2.75, 3.05) is 73.4 Å². The van der Waals surface area contributed by atoms with Crippen LogP contribution in [0.5, 0.6) is 0 Å². The molecule has 74 heavy (non-hydrogen) atoms. The lowest BCUT2D eigenvalue weighted by molar-refractivity contribution is -0.146. The van der Waals surface area contributed by atoms with Gasteiger partial charge in [0.2, 0.25) is 35.4 Å². The summed E-state index contributed by atoms with van der Waals surface area (Å²) in [7, 11) is 8.41. The van der Waals surface area contributed by atoms with Crippen LogP contribution >= 0.6 is 31.9 Å². The van der Waals surface area contributed by atoms with Gasteiger partial charge in [-0.15, -0.1) is 0 Å². The Kier molecular flexibility index (Phi) is 24.8. The Hall–Kier alpha value is -5.13. The summed E-state index contributed by atoms with van der Waals surface area (Å²) in [5.41, 5.74) is 10.5. The number of alkyl halides is 2. The van der Waals surface area contributed by atoms with Crippen molar-refractivity contribution in [1.29, 1.82) is 0 Å². The van der Waals surface area contributed by atoms with Crippen LogP contribution in [-0.4, -0.2) is 170 Å². The third-order valence-electron chi connectivity index (χ3n) is 13.7. The van der Waals surface area contributed by atoms with Crippen LogP contribution in [-0.2, 0) is 55.3 Å². The number of fused-ring (bicyclic) bond motifs is 1. The molecule has 408 valence electrons. The van der Waals surface area contributed by atoms with Gasteiger partial charge in [0, 0.05) is 62.3 Å². The number of benzene rings is 2. The molecule has 20 nitrogen and oxygen atoms in total. The van der Waals surface area contributed by atoms with Crippen molar-refractivity contribution in [1.82, 2.24) is 45.9 Å². The van der Waals surface area contributed by atoms with Crippen LogP contribution < -0.4 is 32.3 Å². The number of nitrogens with one attached hydrogen (secondary N) is 5. The molecule has 1 aromatic heterocycles. The summed E-state index contributed by atoms with van der Waals surface area (Å²) in [4.78, 5) is 107. The first-order valence-corrected chi connectivity index (χ1v) is 27.4. The molecule has 2 heterocycles. The molecule has 4 rings (SSSR count). The second kappa shape index (κ2) is 29.8. The standard InChI is InChI=1S/C52H77Br2N11O9/c1-11-31(4)48(64(8)46(69)29-58-52(72)47(30(2)3)63(6)7)42(73-9)23-45(68)65-20-12-13-41(65)49(74-10)32(5)50(70)60-36(26-55)21-33-14-17-35(18-15-33)59-44(67)28-56-43(66)27-57-51(71)34-16-19-37-38(22-34)62-40(25-54)39(24-53)61-37/h14-19,22,30-32,36,41-42,47-49H,11-13,20-21,23-29,55H2,1-10H3,(H,56,66)(H,57,71)(H,58,72)(H,59,67)(H,60,70). The number of anilines is 1. The lowest BCUT2D eigenvalue weighted by Crippen LogP contribution is -2.55. The number of amides is 7. The molecule has 8 unspecified atom stereocenters. The Morgan fingerprint density at radius 2 is 1.47 bits per heavy atom. The average molecular weight is 1160 g/mol. The van der Waals surface area contributed by atoms with Crippen molar-refractivity contribution >= 4 is 89.9 Å². The number of hydrogen-bond donors (Lipinski definition) is 6. The number of methoxy groups -OCH3 is 2. The van der Waals surface area contributed by atoms with E-state index in [0.717, 1.165) is 29.8 Å². The molecule has 3 aromatic rings. The summed E-state index contributed by atoms with van der Waals surface area (Å²) < 4.78 is 11.9. The van der Waals surface area contributed by atoms with Crippen molar-refractivity contribution in [3.8, 4) is 0 Å². The number of ether oxygens (including phenoxy) is 2. The van der Waals surface area contributed by atoms with Crippen LogP contribution in [0.2, 0.25) is 0 Å². The second-order valence-corrected chi connectivity index (χ2v) is 20.6. The largest absolute Gasteiger partial charge is 0.379 e. The second-order valence-electron chi connectivity index (χ2n) is 19.5. The van der Waals surface area contributed by atoms with E-state index in [1.165, 1.54) is 14.2 Å². The van der Waals surface area contributed by atoms with Crippen LogP contribution in [0.4, 0.5) is 5.69 Å². The highest BCUT2D eigenvalue weighted by molar-refractivity contribution is 9.09. The number of nitrogens with two attached hydrogens (primary N) is 1. The summed E-state index contributed by atoms with van der Waals surface area (Å²) >= 11 is 6.83. The summed E-state index contributed by atoms with van der Waals surface area (Å²) in [6, 6.07) is 10.3. The minimum absolute atomic E-state index is 0.00280. The number of rotatable bonds is 28. The molecule has 1 aliphatic heterocycles. The minimum Gasteiger partial charge on any atom is -0.379 e. The fraction of sp³-hybridized carbons (Fsp3) is 0.596. The molecule has 0 aliphatic carbocycles. The molecule has 0 bridgehead atoms. The summed E-state index contributed by atoms with van der Waals surface area (Å²) in [6.45, 7) is 9.47. The Bertz CT molecular complexity index is 2390. The van der Waals surface area contributed by atoms with E-state index in [1.807, 2.05) is 46.7 Å². The van der Waals surface area contributed by atoms with Gasteiger partial charge in [-0.25, -0.2) is 9.97 Å². The van der Waals surface area contributed by atoms with Crippen LogP contribution in [0, 0.1) is 17.8 Å². The number of halogens is 2. The van der Waals surface area contributed by atoms with E-state index >= 15 is 0 Å². The highest BCUT2D eigenvalue weighted by Gasteiger charge is 2.42. The van der Waals surface area contributed by atoms with Gasteiger partial charge in [0.05, 0.1) is 84.7 Å². The lowest BCUT2D eigenvalue weighted by atomic mass is 9.90. The Morgan fingerprint density at radius 1 is 0.824 bits per heavy atom. The zero-order valence-corrected chi connectivity index (χ0v) is 47.6. The number of carbonyl (C=O) groups excluding carboxylic acids is 7. The zero-order valence-electron chi connectivity index (χ0n) is 44.5. The molecular weight excluding hydrogens is 1080 g/mol. The van der Waals surface area contributed by atoms with E-state index in [1.54, 1.807) is 66.2 Å². The predicted octanol–water partition coefficient (Wildman–Crippen LogP) is 3.51. The van der Waals surface area contributed by atoms with Crippen LogP contribution in [0.1, 0.15) is 87.6 Å². The number of likely N-dealkylation sites (N-methyl/N-ethyl adjacent to an activating group) is 2. The van der Waals surface area contributed by atoms with E-state index in [0.29, 0.717) is 52.3 Å². The lowest BCUT2D eigenvalue weighted by Gasteiger charge is -2.39. The fourth-order valence-electron chi connectivity index (χ4n) is 9.58. The summed E-state index contributed by atoms with van der Waals surface area (Å²) in [6.07, 6.45) is 1.18. The number of likely N-dealkylation sites (tertiary alicyclic amines) is 1. The Balaban J connectivity index is 1.27. The van der Waals surface area contributed by atoms with Gasteiger partial charge in [0.1, 0.15) is 0 Å². The minimum atomic E-state index is -0.657. The molecule has 0 saturated carbocycles. The molecule has 7 amide bonds. The van der Waals surface area contributed by atoms with Crippen molar-refractivity contribution < 1.29 is 43.0 Å². The molecule has 22 heteroatoms. The van der Waals surface area contributed by atoms with Gasteiger partial charge in [-0.3, -0.25) is 38.5 Å². The highest BCUT2D eigenvalue weighted by Crippen LogP contribution is 2.30. The van der Waals surface area contributed by atoms with Crippen molar-refractivity contribution in [3.63, 3.8) is 0 Å². The van der Waals surface area contributed by atoms with Gasteiger partial charge in [-0.2, -0.15) is 0 Å². The molecule has 1 aliphatic rings. The average Bonchev–Trinajstić information content (AvgIpc) is 3.87. The molecule has 2 aromatic carbocycles. The molecule has 0 radical (unpaired) electrons. The molecule has 0 spiro atoms. The van der Waals surface area contributed by atoms with Crippen LogP contribution in [0.3, 0.4) is 0 Å². The van der Waals surface area contributed by atoms with E-state index in [-0.39, 0.29) is 74.1 Å². The number of aromatic nitrogens is 2. The first kappa shape index (κ1) is 61.4. The predicted molar refractivity (Wildman–Crippen MR) is 291 cm³/mol. The van der Waals surface area contributed by atoms with E-state index in [4.69, 9.17) is 15.2 Å². The van der Waals surface area contributed by atoms with Gasteiger partial charge in [-0.1, -0.05) is 85.0 Å². The number of hydrogen-bond acceptors (Lipinski definition) is 13. The number of carbonyl (C=O) groups is 7. The van der Waals surface area contributed by atoms with Gasteiger partial charge in [0.15, 0.2) is 0 Å². The molecule has 1 saturated heterocycles. The van der Waals surface area contributed by atoms with E-state index in [9.17, 15) is 33.6 Å². The van der Waals surface area contributed by atoms with E-state index < -0.39 is 54.0 Å². The molecule has 8 atom stereocenters. The first-order chi connectivity index (χ1) is 35.2. The van der Waals surface area contributed by atoms with Gasteiger partial charge >= 0.3 is 0 Å². The van der Waals surface area contributed by atoms with Crippen LogP contribution in [0.25, 0.3) is 11.0 Å². The molecular formula is C52H77Br2N11O9. The highest BCUT2D eigenvalue weighted by atomic mass is 79.9. The van der Waals surface area contributed by atoms with Gasteiger partial charge < -0.3 is 51.6 Å². The van der Waals surface area contributed by atoms with Crippen molar-refractivity contribution in [2.45, 2.75) is 114 Å². The Morgan fingerprint density at radius 3 is 2.05 bits per heavy atom. The quantitative estimate of drug-likeness (QED) is 0.0570. The number of nitrogens with zero attached hydrogens (tertiary/aromatic N) is 5. The first-order valence-electron chi connectivity index (χ1n) is 25.1. The smallest absolute Gasteiger partial charge is 0.251 e. The normalized spacial score (nSPS) is 16.4. The summed E-state index contributed by atoms with van der Waals surface area (Å²) in [5.74, 6) is -3.13. The topological polar surface area (TPSA) is 260 Å². The SMILES string of the molecule is CCC(C)C(C(CC(=O)N1CCCC1C(OC)C(C)C(=O)NC(CN)Cc1ccc(NC(=O)CNC(=O)CNC(=O)c2ccc3nc(CBr)c(CBr)nc3c2)cc1)OC)N(C)C(=O)CNC(=O)C(C(C)C)N(C)C. The maximum atomic E-state index is 14.2. The third kappa shape index (κ3) is 16.9.